The largest absolute Gasteiger partial charge is 0.497 e. The molecule has 9 heteroatoms. The van der Waals surface area contributed by atoms with Gasteiger partial charge >= 0.3 is 0 Å². The third-order valence-corrected chi connectivity index (χ3v) is 6.62. The molecule has 0 aliphatic rings. The lowest BCUT2D eigenvalue weighted by atomic mass is 10.0. The Kier molecular flexibility index (Phi) is 6.69. The average Bonchev–Trinajstić information content (AvgIpc) is 3.37. The number of benzene rings is 4. The van der Waals surface area contributed by atoms with Crippen LogP contribution in [-0.2, 0) is 0 Å². The van der Waals surface area contributed by atoms with Crippen LogP contribution in [0.3, 0.4) is 0 Å². The Morgan fingerprint density at radius 3 is 2.35 bits per heavy atom. The molecule has 5 aromatic rings. The van der Waals surface area contributed by atoms with Gasteiger partial charge in [0.05, 0.1) is 28.5 Å². The van der Waals surface area contributed by atoms with Crippen molar-refractivity contribution in [3.63, 3.8) is 0 Å². The van der Waals surface area contributed by atoms with E-state index >= 15 is 0 Å². The number of nitro groups is 1. The molecule has 8 nitrogen and oxygen atoms in total. The minimum Gasteiger partial charge on any atom is -0.497 e. The lowest BCUT2D eigenvalue weighted by Gasteiger charge is -2.14. The summed E-state index contributed by atoms with van der Waals surface area (Å²) in [6.45, 7) is 0. The minimum atomic E-state index is -0.467. The Bertz CT molecular complexity index is 1600. The zero-order chi connectivity index (χ0) is 25.8. The van der Waals surface area contributed by atoms with Crippen LogP contribution < -0.4 is 9.75 Å². The molecular weight excluding hydrogens is 488 g/mol. The molecule has 0 aliphatic heterocycles. The van der Waals surface area contributed by atoms with Gasteiger partial charge in [0, 0.05) is 17.7 Å². The van der Waals surface area contributed by atoms with Gasteiger partial charge in [0.25, 0.3) is 11.6 Å². The summed E-state index contributed by atoms with van der Waals surface area (Å²) in [4.78, 5) is 28.7. The lowest BCUT2D eigenvalue weighted by Crippen LogP contribution is -2.25. The number of rotatable bonds is 7. The van der Waals surface area contributed by atoms with Gasteiger partial charge in [0.15, 0.2) is 0 Å². The molecule has 0 fully saturated rings. The van der Waals surface area contributed by atoms with Gasteiger partial charge in [-0.1, -0.05) is 53.8 Å². The monoisotopic (exact) mass is 508 g/mol. The number of fused-ring (bicyclic) bond motifs is 1. The fourth-order valence-electron chi connectivity index (χ4n) is 3.66. The maximum absolute atomic E-state index is 13.6. The van der Waals surface area contributed by atoms with E-state index in [1.54, 1.807) is 37.4 Å². The molecular formula is C28H20N4O4S. The normalized spacial score (nSPS) is 11.1. The minimum absolute atomic E-state index is 0.0243. The molecule has 0 spiro atoms. The van der Waals surface area contributed by atoms with E-state index < -0.39 is 4.92 Å². The van der Waals surface area contributed by atoms with Gasteiger partial charge in [-0.05, 0) is 59.2 Å². The highest BCUT2D eigenvalue weighted by Crippen LogP contribution is 2.32. The van der Waals surface area contributed by atoms with Crippen molar-refractivity contribution in [1.82, 2.24) is 4.98 Å². The summed E-state index contributed by atoms with van der Waals surface area (Å²) in [5, 5.41) is 17.0. The highest BCUT2D eigenvalue weighted by Gasteiger charge is 2.21. The molecule has 1 amide bonds. The molecule has 0 radical (unpaired) electrons. The fourth-order valence-corrected chi connectivity index (χ4v) is 4.61. The standard InChI is InChI=1S/C28H20N4O4S/c1-36-24-15-16-25-26(17-24)37-28(30-25)31(29-18-19-7-13-23(14-8-19)32(34)35)27(33)22-11-9-21(10-12-22)20-5-3-2-4-6-20/h2-18H,1H3/b29-18+. The molecule has 0 bridgehead atoms. The van der Waals surface area contributed by atoms with Gasteiger partial charge < -0.3 is 4.74 Å². The van der Waals surface area contributed by atoms with Crippen molar-refractivity contribution >= 4 is 44.5 Å². The first kappa shape index (κ1) is 23.8. The van der Waals surface area contributed by atoms with Crippen LogP contribution in [0.5, 0.6) is 5.75 Å². The lowest BCUT2D eigenvalue weighted by molar-refractivity contribution is -0.384. The van der Waals surface area contributed by atoms with Gasteiger partial charge in [0.1, 0.15) is 5.75 Å². The Morgan fingerprint density at radius 2 is 1.68 bits per heavy atom. The summed E-state index contributed by atoms with van der Waals surface area (Å²) in [5.41, 5.74) is 3.77. The summed E-state index contributed by atoms with van der Waals surface area (Å²) in [6, 6.07) is 28.6. The Balaban J connectivity index is 1.50. The van der Waals surface area contributed by atoms with Crippen LogP contribution in [-0.4, -0.2) is 29.1 Å². The first-order chi connectivity index (χ1) is 18.0. The first-order valence-electron chi connectivity index (χ1n) is 11.2. The number of carbonyl (C=O) groups excluding carboxylic acids is 1. The van der Waals surface area contributed by atoms with Gasteiger partial charge in [-0.25, -0.2) is 4.98 Å². The number of thiazole rings is 1. The molecule has 0 unspecified atom stereocenters. The highest BCUT2D eigenvalue weighted by molar-refractivity contribution is 7.22. The van der Waals surface area contributed by atoms with Crippen molar-refractivity contribution in [2.24, 2.45) is 5.10 Å². The van der Waals surface area contributed by atoms with E-state index in [-0.39, 0.29) is 11.6 Å². The molecule has 1 heterocycles. The summed E-state index contributed by atoms with van der Waals surface area (Å²) >= 11 is 1.31. The number of amides is 1. The van der Waals surface area contributed by atoms with E-state index in [0.29, 0.717) is 27.5 Å². The zero-order valence-corrected chi connectivity index (χ0v) is 20.5. The molecule has 0 aliphatic carbocycles. The van der Waals surface area contributed by atoms with E-state index in [2.05, 4.69) is 10.1 Å². The van der Waals surface area contributed by atoms with Gasteiger partial charge in [0.2, 0.25) is 5.13 Å². The Labute approximate surface area is 216 Å². The van der Waals surface area contributed by atoms with Crippen molar-refractivity contribution in [2.75, 3.05) is 12.1 Å². The number of nitrogens with zero attached hydrogens (tertiary/aromatic N) is 4. The number of hydrazone groups is 1. The molecule has 0 atom stereocenters. The number of ether oxygens (including phenoxy) is 1. The van der Waals surface area contributed by atoms with Gasteiger partial charge in [-0.15, -0.1) is 0 Å². The van der Waals surface area contributed by atoms with Crippen LogP contribution in [0.15, 0.2) is 102 Å². The van der Waals surface area contributed by atoms with E-state index in [9.17, 15) is 14.9 Å². The second kappa shape index (κ2) is 10.4. The van der Waals surface area contributed by atoms with Crippen LogP contribution in [0, 0.1) is 10.1 Å². The molecule has 0 saturated heterocycles. The van der Waals surface area contributed by atoms with E-state index in [4.69, 9.17) is 4.74 Å². The van der Waals surface area contributed by atoms with Crippen molar-refractivity contribution in [3.8, 4) is 16.9 Å². The summed E-state index contributed by atoms with van der Waals surface area (Å²) in [7, 11) is 1.59. The predicted octanol–water partition coefficient (Wildman–Crippen LogP) is 6.56. The van der Waals surface area contributed by atoms with E-state index in [1.807, 2.05) is 54.6 Å². The van der Waals surface area contributed by atoms with Crippen LogP contribution >= 0.6 is 11.3 Å². The predicted molar refractivity (Wildman–Crippen MR) is 146 cm³/mol. The Morgan fingerprint density at radius 1 is 0.973 bits per heavy atom. The first-order valence-corrected chi connectivity index (χ1v) is 12.1. The summed E-state index contributed by atoms with van der Waals surface area (Å²) in [6.07, 6.45) is 1.48. The average molecular weight is 509 g/mol. The van der Waals surface area contributed by atoms with Crippen molar-refractivity contribution in [3.05, 3.63) is 118 Å². The Hall–Kier alpha value is -4.89. The van der Waals surface area contributed by atoms with Crippen LogP contribution in [0.2, 0.25) is 0 Å². The number of anilines is 1. The number of carbonyl (C=O) groups is 1. The van der Waals surface area contributed by atoms with Crippen molar-refractivity contribution < 1.29 is 14.5 Å². The fraction of sp³-hybridized carbons (Fsp3) is 0.0357. The number of hydrogen-bond acceptors (Lipinski definition) is 7. The summed E-state index contributed by atoms with van der Waals surface area (Å²) < 4.78 is 6.15. The van der Waals surface area contributed by atoms with Gasteiger partial charge in [-0.3, -0.25) is 14.9 Å². The van der Waals surface area contributed by atoms with E-state index in [0.717, 1.165) is 15.8 Å². The summed E-state index contributed by atoms with van der Waals surface area (Å²) in [5.74, 6) is 0.329. The van der Waals surface area contributed by atoms with Crippen LogP contribution in [0.4, 0.5) is 10.8 Å². The number of non-ortho nitro benzene ring substituents is 1. The molecule has 182 valence electrons. The molecule has 5 rings (SSSR count). The SMILES string of the molecule is COc1ccc2nc(N(/N=C/c3ccc([N+](=O)[O-])cc3)C(=O)c3ccc(-c4ccccc4)cc3)sc2c1. The number of methoxy groups -OCH3 is 1. The second-order valence-corrected chi connectivity index (χ2v) is 8.99. The van der Waals surface area contributed by atoms with Crippen LogP contribution in [0.1, 0.15) is 15.9 Å². The molecule has 1 aromatic heterocycles. The van der Waals surface area contributed by atoms with Gasteiger partial charge in [-0.2, -0.15) is 10.1 Å². The number of aromatic nitrogens is 1. The maximum Gasteiger partial charge on any atom is 0.280 e. The maximum atomic E-state index is 13.6. The van der Waals surface area contributed by atoms with Crippen molar-refractivity contribution in [2.45, 2.75) is 0 Å². The third kappa shape index (κ3) is 5.21. The highest BCUT2D eigenvalue weighted by atomic mass is 32.1. The van der Waals surface area contributed by atoms with E-state index in [1.165, 1.54) is 34.7 Å². The molecule has 0 N–H and O–H groups in total. The smallest absolute Gasteiger partial charge is 0.280 e. The topological polar surface area (TPSA) is 97.9 Å². The third-order valence-electron chi connectivity index (χ3n) is 5.62. The number of nitro benzene ring substituents is 1. The molecule has 4 aromatic carbocycles. The van der Waals surface area contributed by atoms with Crippen LogP contribution in [0.25, 0.3) is 21.3 Å². The molecule has 0 saturated carbocycles. The second-order valence-electron chi connectivity index (χ2n) is 7.98. The molecule has 37 heavy (non-hydrogen) atoms. The van der Waals surface area contributed by atoms with Crippen molar-refractivity contribution in [1.29, 1.82) is 0 Å². The zero-order valence-electron chi connectivity index (χ0n) is 19.6. The number of hydrogen-bond donors (Lipinski definition) is 0. The quantitative estimate of drug-likeness (QED) is 0.141.